The minimum absolute atomic E-state index is 0.264. The van der Waals surface area contributed by atoms with E-state index in [-0.39, 0.29) is 5.75 Å². The van der Waals surface area contributed by atoms with Crippen LogP contribution in [-0.4, -0.2) is 53.4 Å². The molecular weight excluding hydrogens is 433 g/mol. The molecule has 9 heteroatoms. The third-order valence-corrected chi connectivity index (χ3v) is 5.14. The van der Waals surface area contributed by atoms with Gasteiger partial charge in [0.05, 0.1) is 13.2 Å². The molecule has 4 rings (SSSR count). The Labute approximate surface area is 189 Å². The Morgan fingerprint density at radius 3 is 2.30 bits per heavy atom. The van der Waals surface area contributed by atoms with Crippen molar-refractivity contribution in [1.29, 1.82) is 0 Å². The molecule has 0 aliphatic carbocycles. The third kappa shape index (κ3) is 5.87. The van der Waals surface area contributed by atoms with Gasteiger partial charge in [-0.15, -0.1) is 13.2 Å². The van der Waals surface area contributed by atoms with E-state index in [1.54, 1.807) is 24.5 Å². The highest BCUT2D eigenvalue weighted by atomic mass is 19.4. The van der Waals surface area contributed by atoms with Crippen LogP contribution in [0.1, 0.15) is 16.8 Å². The molecule has 0 N–H and O–H groups in total. The molecule has 3 aromatic rings. The standard InChI is InChI=1S/C24H23F3N4O2/c1-16-3-8-21(28-14-16)30-23(31-9-11-32-12-10-31)22-17(2)13-19(15-29-22)18-4-6-20(7-5-18)33-24(25,26)27/h3-8,13-15H,9-12H2,1-2H3/b30-23-. The second kappa shape index (κ2) is 9.58. The summed E-state index contributed by atoms with van der Waals surface area (Å²) >= 11 is 0. The van der Waals surface area contributed by atoms with Crippen LogP contribution >= 0.6 is 0 Å². The van der Waals surface area contributed by atoms with Crippen LogP contribution in [0.2, 0.25) is 0 Å². The van der Waals surface area contributed by atoms with Gasteiger partial charge in [0.15, 0.2) is 11.7 Å². The van der Waals surface area contributed by atoms with Crippen molar-refractivity contribution in [1.82, 2.24) is 14.9 Å². The molecule has 2 aromatic heterocycles. The molecule has 0 spiro atoms. The topological polar surface area (TPSA) is 59.8 Å². The highest BCUT2D eigenvalue weighted by Crippen LogP contribution is 2.27. The second-order valence-electron chi connectivity index (χ2n) is 7.69. The van der Waals surface area contributed by atoms with E-state index < -0.39 is 6.36 Å². The van der Waals surface area contributed by atoms with Crippen molar-refractivity contribution >= 4 is 11.7 Å². The van der Waals surface area contributed by atoms with E-state index in [1.165, 1.54) is 12.1 Å². The number of pyridine rings is 2. The third-order valence-electron chi connectivity index (χ3n) is 5.14. The first-order valence-corrected chi connectivity index (χ1v) is 10.5. The van der Waals surface area contributed by atoms with Crippen LogP contribution < -0.4 is 4.74 Å². The van der Waals surface area contributed by atoms with Crippen molar-refractivity contribution in [3.63, 3.8) is 0 Å². The Morgan fingerprint density at radius 2 is 1.70 bits per heavy atom. The number of hydrogen-bond donors (Lipinski definition) is 0. The molecule has 0 radical (unpaired) electrons. The SMILES string of the molecule is Cc1ccc(/N=C(/c2ncc(-c3ccc(OC(F)(F)F)cc3)cc2C)N2CCOCC2)nc1. The molecule has 0 amide bonds. The first-order valence-electron chi connectivity index (χ1n) is 10.5. The van der Waals surface area contributed by atoms with E-state index in [0.717, 1.165) is 27.9 Å². The highest BCUT2D eigenvalue weighted by molar-refractivity contribution is 6.00. The number of alkyl halides is 3. The molecule has 1 fully saturated rings. The van der Waals surface area contributed by atoms with Crippen molar-refractivity contribution in [3.05, 3.63) is 71.7 Å². The van der Waals surface area contributed by atoms with Gasteiger partial charge in [0.1, 0.15) is 11.4 Å². The lowest BCUT2D eigenvalue weighted by atomic mass is 10.0. The maximum Gasteiger partial charge on any atom is 0.573 e. The molecule has 1 aliphatic rings. The monoisotopic (exact) mass is 456 g/mol. The Balaban J connectivity index is 1.65. The van der Waals surface area contributed by atoms with Gasteiger partial charge in [-0.3, -0.25) is 4.98 Å². The minimum atomic E-state index is -4.72. The molecule has 1 saturated heterocycles. The number of rotatable bonds is 4. The van der Waals surface area contributed by atoms with E-state index in [1.807, 2.05) is 32.0 Å². The summed E-state index contributed by atoms with van der Waals surface area (Å²) in [7, 11) is 0. The van der Waals surface area contributed by atoms with Gasteiger partial charge < -0.3 is 14.4 Å². The van der Waals surface area contributed by atoms with Crippen molar-refractivity contribution in [2.75, 3.05) is 26.3 Å². The average Bonchev–Trinajstić information content (AvgIpc) is 2.79. The predicted molar refractivity (Wildman–Crippen MR) is 119 cm³/mol. The lowest BCUT2D eigenvalue weighted by Gasteiger charge is -2.30. The number of aryl methyl sites for hydroxylation is 2. The molecule has 6 nitrogen and oxygen atoms in total. The Bertz CT molecular complexity index is 1120. The molecule has 0 saturated carbocycles. The van der Waals surface area contributed by atoms with E-state index in [9.17, 15) is 13.2 Å². The maximum absolute atomic E-state index is 12.4. The highest BCUT2D eigenvalue weighted by Gasteiger charge is 2.31. The zero-order chi connectivity index (χ0) is 23.4. The van der Waals surface area contributed by atoms with Crippen molar-refractivity contribution in [2.24, 2.45) is 4.99 Å². The largest absolute Gasteiger partial charge is 0.573 e. The van der Waals surface area contributed by atoms with Crippen LogP contribution in [0.3, 0.4) is 0 Å². The molecule has 0 unspecified atom stereocenters. The number of nitrogens with zero attached hydrogens (tertiary/aromatic N) is 4. The number of aromatic nitrogens is 2. The summed E-state index contributed by atoms with van der Waals surface area (Å²) < 4.78 is 46.7. The van der Waals surface area contributed by atoms with Crippen molar-refractivity contribution in [3.8, 4) is 16.9 Å². The van der Waals surface area contributed by atoms with Gasteiger partial charge in [0, 0.05) is 31.0 Å². The molecule has 33 heavy (non-hydrogen) atoms. The molecule has 1 aromatic carbocycles. The lowest BCUT2D eigenvalue weighted by Crippen LogP contribution is -2.41. The quantitative estimate of drug-likeness (QED) is 0.405. The fourth-order valence-electron chi connectivity index (χ4n) is 3.50. The number of aliphatic imine (C=N–C) groups is 1. The zero-order valence-electron chi connectivity index (χ0n) is 18.3. The molecule has 172 valence electrons. The fraction of sp³-hybridized carbons (Fsp3) is 0.292. The van der Waals surface area contributed by atoms with E-state index >= 15 is 0 Å². The lowest BCUT2D eigenvalue weighted by molar-refractivity contribution is -0.274. The minimum Gasteiger partial charge on any atom is -0.406 e. The van der Waals surface area contributed by atoms with Gasteiger partial charge in [0.2, 0.25) is 0 Å². The number of morpholine rings is 1. The Kier molecular flexibility index (Phi) is 6.60. The summed E-state index contributed by atoms with van der Waals surface area (Å²) in [5.74, 6) is 1.04. The maximum atomic E-state index is 12.4. The van der Waals surface area contributed by atoms with E-state index in [2.05, 4.69) is 19.6 Å². The second-order valence-corrected chi connectivity index (χ2v) is 7.69. The van der Waals surface area contributed by atoms with Gasteiger partial charge in [-0.25, -0.2) is 9.98 Å². The van der Waals surface area contributed by atoms with Crippen LogP contribution in [0.25, 0.3) is 11.1 Å². The van der Waals surface area contributed by atoms with E-state index in [0.29, 0.717) is 38.0 Å². The summed E-state index contributed by atoms with van der Waals surface area (Å²) in [6.07, 6.45) is -1.26. The van der Waals surface area contributed by atoms with Crippen LogP contribution in [0.4, 0.5) is 19.0 Å². The first-order chi connectivity index (χ1) is 15.8. The number of benzene rings is 1. The fourth-order valence-corrected chi connectivity index (χ4v) is 3.50. The Hall–Kier alpha value is -3.46. The normalized spacial score (nSPS) is 14.9. The number of hydrogen-bond acceptors (Lipinski definition) is 5. The van der Waals surface area contributed by atoms with Crippen LogP contribution in [0.5, 0.6) is 5.75 Å². The van der Waals surface area contributed by atoms with Gasteiger partial charge >= 0.3 is 6.36 Å². The number of ether oxygens (including phenoxy) is 2. The van der Waals surface area contributed by atoms with Gasteiger partial charge in [-0.05, 0) is 54.8 Å². The molecule has 3 heterocycles. The molecule has 0 atom stereocenters. The smallest absolute Gasteiger partial charge is 0.406 e. The van der Waals surface area contributed by atoms with Crippen molar-refractivity contribution in [2.45, 2.75) is 20.2 Å². The molecular formula is C24H23F3N4O2. The van der Waals surface area contributed by atoms with E-state index in [4.69, 9.17) is 9.73 Å². The molecule has 0 bridgehead atoms. The summed E-state index contributed by atoms with van der Waals surface area (Å²) in [5, 5.41) is 0. The van der Waals surface area contributed by atoms with Crippen molar-refractivity contribution < 1.29 is 22.6 Å². The first kappa shape index (κ1) is 22.7. The summed E-state index contributed by atoms with van der Waals surface area (Å²) in [6.45, 7) is 6.48. The molecule has 1 aliphatic heterocycles. The number of halogens is 3. The average molecular weight is 456 g/mol. The van der Waals surface area contributed by atoms with Crippen LogP contribution in [0.15, 0.2) is 59.9 Å². The summed E-state index contributed by atoms with van der Waals surface area (Å²) in [6, 6.07) is 11.5. The Morgan fingerprint density at radius 1 is 0.970 bits per heavy atom. The zero-order valence-corrected chi connectivity index (χ0v) is 18.3. The van der Waals surface area contributed by atoms with Gasteiger partial charge in [0.25, 0.3) is 0 Å². The summed E-state index contributed by atoms with van der Waals surface area (Å²) in [5.41, 5.74) is 4.18. The van der Waals surface area contributed by atoms with Gasteiger partial charge in [-0.2, -0.15) is 0 Å². The predicted octanol–water partition coefficient (Wildman–Crippen LogP) is 5.07. The van der Waals surface area contributed by atoms with Crippen LogP contribution in [-0.2, 0) is 4.74 Å². The number of amidine groups is 1. The summed E-state index contributed by atoms with van der Waals surface area (Å²) in [4.78, 5) is 16.0. The van der Waals surface area contributed by atoms with Gasteiger partial charge in [-0.1, -0.05) is 18.2 Å². The van der Waals surface area contributed by atoms with Crippen LogP contribution in [0, 0.1) is 13.8 Å².